The van der Waals surface area contributed by atoms with E-state index in [1.165, 1.54) is 42.3 Å². The lowest BCUT2D eigenvalue weighted by Crippen LogP contribution is -2.08. The molecule has 8 aromatic carbocycles. The van der Waals surface area contributed by atoms with Crippen LogP contribution in [0.15, 0.2) is 275 Å². The summed E-state index contributed by atoms with van der Waals surface area (Å²) in [5.41, 5.74) is 9.59. The number of carbonyl (C=O) groups excluding carboxylic acids is 5. The number of oxime groups is 5. The smallest absolute Gasteiger partial charge is 0.318 e. The summed E-state index contributed by atoms with van der Waals surface area (Å²) >= 11 is 0. The molecule has 1 aliphatic rings. The van der Waals surface area contributed by atoms with Crippen LogP contribution in [0.1, 0.15) is 105 Å². The highest BCUT2D eigenvalue weighted by Crippen LogP contribution is 2.23. The van der Waals surface area contributed by atoms with Crippen LogP contribution in [0.4, 0.5) is 4.39 Å². The average molecular weight is 1180 g/mol. The van der Waals surface area contributed by atoms with Gasteiger partial charge in [-0.15, -0.1) is 0 Å². The number of benzene rings is 8. The zero-order valence-corrected chi connectivity index (χ0v) is 49.0. The van der Waals surface area contributed by atoms with Gasteiger partial charge in [0.2, 0.25) is 0 Å². The Labute approximate surface area is 509 Å². The van der Waals surface area contributed by atoms with Gasteiger partial charge in [-0.2, -0.15) is 0 Å². The van der Waals surface area contributed by atoms with Crippen LogP contribution in [-0.4, -0.2) is 64.4 Å². The van der Waals surface area contributed by atoms with Gasteiger partial charge in [-0.1, -0.05) is 222 Å². The Balaban J connectivity index is 0.000000177. The molecule has 88 heavy (non-hydrogen) atoms. The van der Waals surface area contributed by atoms with Gasteiger partial charge in [0.25, 0.3) is 0 Å². The van der Waals surface area contributed by atoms with Crippen LogP contribution in [0.5, 0.6) is 0 Å². The van der Waals surface area contributed by atoms with Crippen molar-refractivity contribution in [2.45, 2.75) is 47.5 Å². The molecule has 0 fully saturated rings. The lowest BCUT2D eigenvalue weighted by atomic mass is 10.1. The predicted octanol–water partition coefficient (Wildman–Crippen LogP) is 14.8. The van der Waals surface area contributed by atoms with Gasteiger partial charge >= 0.3 is 29.8 Å². The monoisotopic (exact) mass is 1180 g/mol. The van der Waals surface area contributed by atoms with Crippen LogP contribution in [0.2, 0.25) is 0 Å². The van der Waals surface area contributed by atoms with E-state index in [2.05, 4.69) is 53.1 Å². The van der Waals surface area contributed by atoms with Crippen molar-refractivity contribution in [2.75, 3.05) is 0 Å². The van der Waals surface area contributed by atoms with Crippen LogP contribution in [-0.2, 0) is 40.2 Å². The minimum atomic E-state index is -0.533. The minimum Gasteiger partial charge on any atom is -0.318 e. The van der Waals surface area contributed by atoms with Crippen LogP contribution in [0.3, 0.4) is 0 Å². The summed E-state index contributed by atoms with van der Waals surface area (Å²) in [4.78, 5) is 85.6. The number of rotatable bonds is 14. The summed E-state index contributed by atoms with van der Waals surface area (Å²) < 4.78 is 12.6. The van der Waals surface area contributed by atoms with E-state index < -0.39 is 23.9 Å². The van der Waals surface area contributed by atoms with Crippen molar-refractivity contribution < 1.29 is 52.6 Å². The van der Waals surface area contributed by atoms with Crippen LogP contribution >= 0.6 is 0 Å². The number of carbonyl (C=O) groups is 5. The highest BCUT2D eigenvalue weighted by atomic mass is 19.1. The fourth-order valence-corrected chi connectivity index (χ4v) is 7.45. The molecule has 1 heterocycles. The first kappa shape index (κ1) is 65.7. The molecule has 0 saturated carbocycles. The predicted molar refractivity (Wildman–Crippen MR) is 339 cm³/mol. The molecule has 17 heteroatoms. The third-order valence-corrected chi connectivity index (χ3v) is 12.2. The summed E-state index contributed by atoms with van der Waals surface area (Å²) in [6.07, 6.45) is 7.87. The van der Waals surface area contributed by atoms with Crippen LogP contribution in [0, 0.1) is 11.7 Å². The molecule has 0 N–H and O–H groups in total. The van der Waals surface area contributed by atoms with E-state index in [0.717, 1.165) is 51.6 Å². The number of fused-ring (bicyclic) bond motifs is 2. The fraction of sp³-hybridized carbons (Fsp3) is 0.113. The lowest BCUT2D eigenvalue weighted by molar-refractivity contribution is -0.147. The molecular weight excluding hydrogens is 1120 g/mol. The molecule has 444 valence electrons. The SMILES string of the molecule is C/C(=N\OC(=O)c1cccc2ccccc12)c1ccccc1.C=C(C)C(=O)O/N=C(\C)c1ccccc1.CC(C)C(=O)O/N=C/c1cccnc1.O=C(O/N=C/c1ccc(F)cc1)c1ccccc1.O=C(O/N=C1\CCc2ccccc21)c1ccccc1. The molecule has 0 bridgehead atoms. The van der Waals surface area contributed by atoms with E-state index >= 15 is 0 Å². The van der Waals surface area contributed by atoms with Gasteiger partial charge in [-0.3, -0.25) is 4.98 Å². The minimum absolute atomic E-state index is 0.166. The Hall–Kier alpha value is -11.5. The number of hydrogen-bond donors (Lipinski definition) is 0. The fourth-order valence-electron chi connectivity index (χ4n) is 7.45. The van der Waals surface area contributed by atoms with E-state index in [1.807, 2.05) is 134 Å². The molecule has 9 aromatic rings. The van der Waals surface area contributed by atoms with Gasteiger partial charge in [-0.05, 0) is 115 Å². The second-order valence-corrected chi connectivity index (χ2v) is 19.2. The first-order chi connectivity index (χ1) is 42.7. The van der Waals surface area contributed by atoms with Gasteiger partial charge in [0.15, 0.2) is 0 Å². The topological polar surface area (TPSA) is 206 Å². The Kier molecular flexibility index (Phi) is 26.6. The quantitative estimate of drug-likeness (QED) is 0.0433. The molecule has 16 nitrogen and oxygen atoms in total. The van der Waals surface area contributed by atoms with Crippen LogP contribution in [0.25, 0.3) is 10.8 Å². The summed E-state index contributed by atoms with van der Waals surface area (Å²) in [5.74, 6) is -2.75. The van der Waals surface area contributed by atoms with E-state index in [-0.39, 0.29) is 17.7 Å². The number of aryl methyl sites for hydroxylation is 1. The molecule has 0 unspecified atom stereocenters. The van der Waals surface area contributed by atoms with E-state index in [9.17, 15) is 28.4 Å². The van der Waals surface area contributed by atoms with Crippen molar-refractivity contribution in [1.82, 2.24) is 4.98 Å². The van der Waals surface area contributed by atoms with Gasteiger partial charge < -0.3 is 24.2 Å². The van der Waals surface area contributed by atoms with E-state index in [4.69, 9.17) is 14.5 Å². The highest BCUT2D eigenvalue weighted by molar-refractivity contribution is 6.06. The number of aromatic nitrogens is 1. The molecule has 0 spiro atoms. The number of halogens is 1. The number of nitrogens with zero attached hydrogens (tertiary/aromatic N) is 6. The van der Waals surface area contributed by atoms with Gasteiger partial charge in [0.1, 0.15) is 5.82 Å². The molecule has 1 aliphatic carbocycles. The highest BCUT2D eigenvalue weighted by Gasteiger charge is 2.19. The van der Waals surface area contributed by atoms with Crippen molar-refractivity contribution in [3.05, 3.63) is 305 Å². The molecule has 0 amide bonds. The molecule has 0 saturated heterocycles. The number of pyridine rings is 1. The summed E-state index contributed by atoms with van der Waals surface area (Å²) in [7, 11) is 0. The maximum absolute atomic E-state index is 12.6. The third kappa shape index (κ3) is 22.3. The van der Waals surface area contributed by atoms with Crippen LogP contribution < -0.4 is 0 Å². The van der Waals surface area contributed by atoms with Gasteiger partial charge in [0.05, 0.1) is 52.2 Å². The lowest BCUT2D eigenvalue weighted by Gasteiger charge is -2.04. The maximum Gasteiger partial charge on any atom is 0.366 e. The Morgan fingerprint density at radius 2 is 1.01 bits per heavy atom. The van der Waals surface area contributed by atoms with Crippen molar-refractivity contribution in [3.63, 3.8) is 0 Å². The summed E-state index contributed by atoms with van der Waals surface area (Å²) in [5, 5.41) is 20.6. The van der Waals surface area contributed by atoms with E-state index in [0.29, 0.717) is 39.3 Å². The molecular formula is C71H63FN6O10. The van der Waals surface area contributed by atoms with E-state index in [1.54, 1.807) is 107 Å². The largest absolute Gasteiger partial charge is 0.366 e. The van der Waals surface area contributed by atoms with Crippen molar-refractivity contribution in [3.8, 4) is 0 Å². The van der Waals surface area contributed by atoms with Crippen molar-refractivity contribution >= 4 is 70.2 Å². The van der Waals surface area contributed by atoms with Gasteiger partial charge in [0, 0.05) is 29.1 Å². The Morgan fingerprint density at radius 3 is 1.59 bits per heavy atom. The Morgan fingerprint density at radius 1 is 0.500 bits per heavy atom. The third-order valence-electron chi connectivity index (χ3n) is 12.2. The van der Waals surface area contributed by atoms with Crippen molar-refractivity contribution in [1.29, 1.82) is 0 Å². The molecule has 10 rings (SSSR count). The molecule has 1 aromatic heterocycles. The standard InChI is InChI=1S/C19H15NO2.C16H13NO2.C14H10FNO2.C12H13NO2.C10H12N2O2/c1-14(15-8-3-2-4-9-15)20-22-19(21)18-13-7-11-16-10-5-6-12-17(16)18;18-16(13-7-2-1-3-8-13)19-17-15-11-10-12-6-4-5-9-14(12)15;15-13-8-6-11(7-9-13)10-16-18-14(17)12-4-2-1-3-5-12;1-9(2)12(14)15-13-10(3)11-7-5-4-6-8-11;1-8(2)10(13)14-12-7-9-4-3-5-11-6-9/h2-13H,1H3;1-9H,10-11H2;1-10H;4-8H,1H2,2-3H3;3-8H,1-2H3/b20-14+;17-15+;16-10+;13-10+;12-7+. The first-order valence-electron chi connectivity index (χ1n) is 27.5. The first-order valence-corrected chi connectivity index (χ1v) is 27.5. The Bertz CT molecular complexity index is 3890. The van der Waals surface area contributed by atoms with Gasteiger partial charge in [-0.25, -0.2) is 28.4 Å². The second kappa shape index (κ2) is 35.6. The average Bonchev–Trinajstić information content (AvgIpc) is 2.81. The summed E-state index contributed by atoms with van der Waals surface area (Å²) in [6.45, 7) is 12.1. The maximum atomic E-state index is 12.6. The number of hydrogen-bond acceptors (Lipinski definition) is 16. The second-order valence-electron chi connectivity index (χ2n) is 19.2. The molecule has 0 radical (unpaired) electrons. The zero-order valence-electron chi connectivity index (χ0n) is 49.0. The van der Waals surface area contributed by atoms with Crippen molar-refractivity contribution in [2.24, 2.45) is 31.7 Å². The zero-order chi connectivity index (χ0) is 62.9. The molecule has 0 atom stereocenters. The normalized spacial score (nSPS) is 11.9. The summed E-state index contributed by atoms with van der Waals surface area (Å²) in [6, 6.07) is 67.2. The molecule has 0 aliphatic heterocycles.